The van der Waals surface area contributed by atoms with Gasteiger partial charge in [0.1, 0.15) is 0 Å². The van der Waals surface area contributed by atoms with E-state index in [-0.39, 0.29) is 10.7 Å². The molecule has 2 N–H and O–H groups in total. The van der Waals surface area contributed by atoms with E-state index >= 15 is 0 Å². The lowest BCUT2D eigenvalue weighted by Gasteiger charge is -2.16. The second kappa shape index (κ2) is 4.57. The Morgan fingerprint density at radius 2 is 2.19 bits per heavy atom. The first kappa shape index (κ1) is 11.6. The highest BCUT2D eigenvalue weighted by Crippen LogP contribution is 2.24. The Hall–Kier alpha value is -0.845. The van der Waals surface area contributed by atoms with Crippen molar-refractivity contribution in [2.45, 2.75) is 11.2 Å². The molecule has 6 heteroatoms. The SMILES string of the molecule is O=C1CC(Br)CN1c1cccc(B(O)O)c1. The zero-order valence-corrected chi connectivity index (χ0v) is 10.1. The monoisotopic (exact) mass is 283 g/mol. The van der Waals surface area contributed by atoms with Gasteiger partial charge in [-0.05, 0) is 17.6 Å². The van der Waals surface area contributed by atoms with E-state index in [0.29, 0.717) is 24.1 Å². The Bertz CT molecular complexity index is 413. The van der Waals surface area contributed by atoms with E-state index in [2.05, 4.69) is 15.9 Å². The van der Waals surface area contributed by atoms with Gasteiger partial charge in [-0.25, -0.2) is 0 Å². The lowest BCUT2D eigenvalue weighted by atomic mass is 9.80. The van der Waals surface area contributed by atoms with Crippen molar-refractivity contribution in [1.29, 1.82) is 0 Å². The summed E-state index contributed by atoms with van der Waals surface area (Å²) in [6, 6.07) is 6.72. The molecule has 0 aliphatic carbocycles. The van der Waals surface area contributed by atoms with Crippen LogP contribution >= 0.6 is 15.9 Å². The highest BCUT2D eigenvalue weighted by molar-refractivity contribution is 9.09. The Labute approximate surface area is 102 Å². The summed E-state index contributed by atoms with van der Waals surface area (Å²) in [5.41, 5.74) is 1.10. The number of amides is 1. The fourth-order valence-electron chi connectivity index (χ4n) is 1.77. The number of carbonyl (C=O) groups excluding carboxylic acids is 1. The third-order valence-electron chi connectivity index (χ3n) is 2.56. The number of halogens is 1. The van der Waals surface area contributed by atoms with Crippen LogP contribution < -0.4 is 10.4 Å². The summed E-state index contributed by atoms with van der Waals surface area (Å²) in [7, 11) is -1.50. The van der Waals surface area contributed by atoms with Gasteiger partial charge in [0, 0.05) is 23.5 Å². The molecule has 0 radical (unpaired) electrons. The summed E-state index contributed by atoms with van der Waals surface area (Å²) < 4.78 is 0. The number of rotatable bonds is 2. The fourth-order valence-corrected chi connectivity index (χ4v) is 2.33. The summed E-state index contributed by atoms with van der Waals surface area (Å²) >= 11 is 3.40. The molecule has 0 aromatic heterocycles. The molecule has 1 aliphatic heterocycles. The van der Waals surface area contributed by atoms with Crippen LogP contribution in [0, 0.1) is 0 Å². The topological polar surface area (TPSA) is 60.8 Å². The van der Waals surface area contributed by atoms with Crippen LogP contribution in [-0.2, 0) is 4.79 Å². The molecule has 0 saturated carbocycles. The van der Waals surface area contributed by atoms with Crippen LogP contribution in [-0.4, -0.2) is 34.4 Å². The number of nitrogens with zero attached hydrogens (tertiary/aromatic N) is 1. The molecule has 1 fully saturated rings. The lowest BCUT2D eigenvalue weighted by molar-refractivity contribution is -0.117. The van der Waals surface area contributed by atoms with Gasteiger partial charge in [0.25, 0.3) is 0 Å². The zero-order valence-electron chi connectivity index (χ0n) is 8.51. The number of anilines is 1. The van der Waals surface area contributed by atoms with Crippen molar-refractivity contribution in [2.24, 2.45) is 0 Å². The molecule has 1 aromatic carbocycles. The minimum absolute atomic E-state index is 0.0476. The van der Waals surface area contributed by atoms with Crippen molar-refractivity contribution >= 4 is 40.1 Å². The largest absolute Gasteiger partial charge is 0.488 e. The third kappa shape index (κ3) is 2.29. The van der Waals surface area contributed by atoms with Crippen molar-refractivity contribution in [1.82, 2.24) is 0 Å². The van der Waals surface area contributed by atoms with Gasteiger partial charge in [-0.3, -0.25) is 4.79 Å². The van der Waals surface area contributed by atoms with Crippen LogP contribution in [0.25, 0.3) is 0 Å². The first-order chi connectivity index (χ1) is 7.58. The van der Waals surface area contributed by atoms with E-state index in [1.54, 1.807) is 29.2 Å². The van der Waals surface area contributed by atoms with Crippen LogP contribution in [0.4, 0.5) is 5.69 Å². The molecule has 0 spiro atoms. The summed E-state index contributed by atoms with van der Waals surface area (Å²) in [6.07, 6.45) is 0.478. The maximum absolute atomic E-state index is 11.6. The van der Waals surface area contributed by atoms with Gasteiger partial charge >= 0.3 is 7.12 Å². The number of hydrogen-bond donors (Lipinski definition) is 2. The average molecular weight is 284 g/mol. The molecule has 4 nitrogen and oxygen atoms in total. The van der Waals surface area contributed by atoms with E-state index in [0.717, 1.165) is 0 Å². The molecule has 2 rings (SSSR count). The molecule has 84 valence electrons. The van der Waals surface area contributed by atoms with E-state index < -0.39 is 7.12 Å². The normalized spacial score (nSPS) is 20.3. The predicted molar refractivity (Wildman–Crippen MR) is 66.0 cm³/mol. The van der Waals surface area contributed by atoms with Gasteiger partial charge < -0.3 is 14.9 Å². The van der Waals surface area contributed by atoms with E-state index in [1.165, 1.54) is 0 Å². The molecule has 0 bridgehead atoms. The first-order valence-electron chi connectivity index (χ1n) is 4.98. The fraction of sp³-hybridized carbons (Fsp3) is 0.300. The van der Waals surface area contributed by atoms with Crippen LogP contribution in [0.5, 0.6) is 0 Å². The molecule has 16 heavy (non-hydrogen) atoms. The molecule has 1 atom stereocenters. The minimum Gasteiger partial charge on any atom is -0.423 e. The van der Waals surface area contributed by atoms with Crippen molar-refractivity contribution < 1.29 is 14.8 Å². The van der Waals surface area contributed by atoms with Gasteiger partial charge in [0.2, 0.25) is 5.91 Å². The maximum Gasteiger partial charge on any atom is 0.488 e. The molecular formula is C10H11BBrNO3. The van der Waals surface area contributed by atoms with Crippen molar-refractivity contribution in [2.75, 3.05) is 11.4 Å². The lowest BCUT2D eigenvalue weighted by Crippen LogP contribution is -2.32. The van der Waals surface area contributed by atoms with Crippen molar-refractivity contribution in [3.05, 3.63) is 24.3 Å². The summed E-state index contributed by atoms with van der Waals surface area (Å²) in [5.74, 6) is 0.0476. The standard InChI is InChI=1S/C10H11BBrNO3/c12-8-5-10(14)13(6-8)9-3-1-2-7(4-9)11(15)16/h1-4,8,15-16H,5-6H2. The highest BCUT2D eigenvalue weighted by Gasteiger charge is 2.29. The number of carbonyl (C=O) groups is 1. The Morgan fingerprint density at radius 1 is 1.44 bits per heavy atom. The van der Waals surface area contributed by atoms with E-state index in [9.17, 15) is 4.79 Å². The zero-order chi connectivity index (χ0) is 11.7. The summed E-state index contributed by atoms with van der Waals surface area (Å²) in [5, 5.41) is 18.1. The second-order valence-electron chi connectivity index (χ2n) is 3.77. The van der Waals surface area contributed by atoms with E-state index in [1.807, 2.05) is 0 Å². The second-order valence-corrected chi connectivity index (χ2v) is 5.07. The van der Waals surface area contributed by atoms with Crippen LogP contribution in [0.2, 0.25) is 0 Å². The molecule has 1 saturated heterocycles. The van der Waals surface area contributed by atoms with Gasteiger partial charge in [-0.1, -0.05) is 28.1 Å². The Kier molecular flexibility index (Phi) is 3.32. The van der Waals surface area contributed by atoms with Crippen molar-refractivity contribution in [3.8, 4) is 0 Å². The van der Waals surface area contributed by atoms with Gasteiger partial charge in [-0.15, -0.1) is 0 Å². The Balaban J connectivity index is 2.27. The maximum atomic E-state index is 11.6. The van der Waals surface area contributed by atoms with Crippen LogP contribution in [0.3, 0.4) is 0 Å². The summed E-state index contributed by atoms with van der Waals surface area (Å²) in [4.78, 5) is 13.5. The summed E-state index contributed by atoms with van der Waals surface area (Å²) in [6.45, 7) is 0.615. The average Bonchev–Trinajstić information content (AvgIpc) is 2.58. The quantitative estimate of drug-likeness (QED) is 0.587. The third-order valence-corrected chi connectivity index (χ3v) is 3.17. The first-order valence-corrected chi connectivity index (χ1v) is 5.90. The van der Waals surface area contributed by atoms with Gasteiger partial charge in [0.05, 0.1) is 0 Å². The van der Waals surface area contributed by atoms with E-state index in [4.69, 9.17) is 10.0 Å². The predicted octanol–water partition coefficient (Wildman–Crippen LogP) is -0.133. The van der Waals surface area contributed by atoms with Gasteiger partial charge in [0.15, 0.2) is 0 Å². The molecular weight excluding hydrogens is 273 g/mol. The molecule has 1 aliphatic rings. The van der Waals surface area contributed by atoms with Crippen molar-refractivity contribution in [3.63, 3.8) is 0 Å². The highest BCUT2D eigenvalue weighted by atomic mass is 79.9. The number of alkyl halides is 1. The van der Waals surface area contributed by atoms with Gasteiger partial charge in [-0.2, -0.15) is 0 Å². The number of hydrogen-bond acceptors (Lipinski definition) is 3. The minimum atomic E-state index is -1.50. The Morgan fingerprint density at radius 3 is 2.75 bits per heavy atom. The molecule has 1 amide bonds. The molecule has 1 aromatic rings. The molecule has 1 heterocycles. The van der Waals surface area contributed by atoms with Crippen LogP contribution in [0.1, 0.15) is 6.42 Å². The molecule has 1 unspecified atom stereocenters. The number of benzene rings is 1. The smallest absolute Gasteiger partial charge is 0.423 e. The van der Waals surface area contributed by atoms with Crippen LogP contribution in [0.15, 0.2) is 24.3 Å².